The van der Waals surface area contributed by atoms with Gasteiger partial charge < -0.3 is 0 Å². The maximum Gasteiger partial charge on any atom is 0.203 e. The lowest BCUT2D eigenvalue weighted by molar-refractivity contribution is 1.14. The van der Waals surface area contributed by atoms with E-state index in [0.29, 0.717) is 0 Å². The highest BCUT2D eigenvalue weighted by Gasteiger charge is 2.05. The summed E-state index contributed by atoms with van der Waals surface area (Å²) in [5.74, 6) is 0. The van der Waals surface area contributed by atoms with Crippen molar-refractivity contribution in [1.82, 2.24) is 4.98 Å². The zero-order valence-corrected chi connectivity index (χ0v) is 15.7. The average molecular weight is 350 g/mol. The number of anilines is 1. The van der Waals surface area contributed by atoms with Crippen LogP contribution in [-0.2, 0) is 12.8 Å². The van der Waals surface area contributed by atoms with Gasteiger partial charge in [-0.2, -0.15) is 5.10 Å². The second kappa shape index (κ2) is 8.08. The lowest BCUT2D eigenvalue weighted by Crippen LogP contribution is -1.99. The summed E-state index contributed by atoms with van der Waals surface area (Å²) in [7, 11) is 0. The molecule has 128 valence electrons. The fraction of sp³-hybridized carbons (Fsp3) is 0.238. The first-order chi connectivity index (χ1) is 12.2. The van der Waals surface area contributed by atoms with Crippen molar-refractivity contribution in [3.8, 4) is 11.3 Å². The normalized spacial score (nSPS) is 11.6. The third-order valence-electron chi connectivity index (χ3n) is 4.26. The van der Waals surface area contributed by atoms with Crippen molar-refractivity contribution < 1.29 is 0 Å². The third kappa shape index (κ3) is 4.34. The van der Waals surface area contributed by atoms with Gasteiger partial charge in [0.1, 0.15) is 0 Å². The van der Waals surface area contributed by atoms with Crippen LogP contribution in [0.5, 0.6) is 0 Å². The van der Waals surface area contributed by atoms with Crippen LogP contribution in [0.3, 0.4) is 0 Å². The molecule has 0 aliphatic rings. The molecular formula is C21H23N3S. The summed E-state index contributed by atoms with van der Waals surface area (Å²) < 4.78 is 0. The van der Waals surface area contributed by atoms with Crippen molar-refractivity contribution in [1.29, 1.82) is 0 Å². The van der Waals surface area contributed by atoms with E-state index < -0.39 is 0 Å². The number of hydrazone groups is 1. The average Bonchev–Trinajstić information content (AvgIpc) is 3.15. The minimum atomic E-state index is 0.805. The number of nitrogens with one attached hydrogen (secondary N) is 1. The molecule has 3 nitrogen and oxygen atoms in total. The van der Waals surface area contributed by atoms with Gasteiger partial charge in [0, 0.05) is 10.9 Å². The highest BCUT2D eigenvalue weighted by atomic mass is 32.1. The van der Waals surface area contributed by atoms with Gasteiger partial charge in [0.25, 0.3) is 0 Å². The van der Waals surface area contributed by atoms with Crippen LogP contribution < -0.4 is 5.43 Å². The van der Waals surface area contributed by atoms with Gasteiger partial charge in [-0.15, -0.1) is 11.3 Å². The molecule has 0 saturated carbocycles. The molecule has 2 aromatic carbocycles. The smallest absolute Gasteiger partial charge is 0.203 e. The van der Waals surface area contributed by atoms with Gasteiger partial charge in [-0.25, -0.2) is 4.98 Å². The van der Waals surface area contributed by atoms with Gasteiger partial charge in [0.15, 0.2) is 0 Å². The Hall–Kier alpha value is -2.46. The van der Waals surface area contributed by atoms with Crippen LogP contribution in [0.25, 0.3) is 11.3 Å². The summed E-state index contributed by atoms with van der Waals surface area (Å²) in [6.07, 6.45) is 2.10. The lowest BCUT2D eigenvalue weighted by Gasteiger charge is -2.03. The molecule has 0 bridgehead atoms. The Morgan fingerprint density at radius 1 is 0.960 bits per heavy atom. The van der Waals surface area contributed by atoms with Gasteiger partial charge in [0.2, 0.25) is 5.13 Å². The standard InChI is InChI=1S/C21H23N3S/c1-4-16-6-10-18(11-7-16)15(3)23-24-21-22-20(14-25-21)19-12-8-17(5-2)9-13-19/h6-14H,4-5H2,1-3H3,(H,22,24). The van der Waals surface area contributed by atoms with Crippen LogP contribution in [-0.4, -0.2) is 10.7 Å². The molecule has 0 aliphatic carbocycles. The number of benzene rings is 2. The van der Waals surface area contributed by atoms with E-state index in [1.807, 2.05) is 6.92 Å². The molecule has 0 unspecified atom stereocenters. The van der Waals surface area contributed by atoms with E-state index in [0.717, 1.165) is 40.5 Å². The maximum atomic E-state index is 4.63. The molecule has 1 heterocycles. The topological polar surface area (TPSA) is 37.3 Å². The van der Waals surface area contributed by atoms with Crippen LogP contribution in [0.2, 0.25) is 0 Å². The van der Waals surface area contributed by atoms with E-state index in [-0.39, 0.29) is 0 Å². The summed E-state index contributed by atoms with van der Waals surface area (Å²) in [4.78, 5) is 4.63. The quantitative estimate of drug-likeness (QED) is 0.453. The van der Waals surface area contributed by atoms with Gasteiger partial charge in [-0.3, -0.25) is 5.43 Å². The van der Waals surface area contributed by atoms with E-state index in [2.05, 4.69) is 83.3 Å². The Bertz CT molecular complexity index is 846. The molecular weight excluding hydrogens is 326 g/mol. The van der Waals surface area contributed by atoms with Crippen LogP contribution >= 0.6 is 11.3 Å². The van der Waals surface area contributed by atoms with E-state index in [4.69, 9.17) is 0 Å². The summed E-state index contributed by atoms with van der Waals surface area (Å²) in [6.45, 7) is 6.33. The molecule has 0 atom stereocenters. The van der Waals surface area contributed by atoms with Crippen molar-refractivity contribution in [3.05, 3.63) is 70.6 Å². The number of thiazole rings is 1. The Kier molecular flexibility index (Phi) is 5.61. The Balaban J connectivity index is 1.69. The molecule has 3 aromatic rings. The third-order valence-corrected chi connectivity index (χ3v) is 5.01. The Morgan fingerprint density at radius 2 is 1.56 bits per heavy atom. The summed E-state index contributed by atoms with van der Waals surface area (Å²) in [6, 6.07) is 17.1. The van der Waals surface area contributed by atoms with Gasteiger partial charge in [-0.1, -0.05) is 62.4 Å². The number of aryl methyl sites for hydroxylation is 2. The van der Waals surface area contributed by atoms with Crippen molar-refractivity contribution in [2.75, 3.05) is 5.43 Å². The Morgan fingerprint density at radius 3 is 2.16 bits per heavy atom. The first-order valence-electron chi connectivity index (χ1n) is 8.64. The van der Waals surface area contributed by atoms with E-state index >= 15 is 0 Å². The molecule has 25 heavy (non-hydrogen) atoms. The molecule has 0 amide bonds. The summed E-state index contributed by atoms with van der Waals surface area (Å²) in [5, 5.41) is 7.33. The molecule has 0 fully saturated rings. The second-order valence-electron chi connectivity index (χ2n) is 5.95. The number of hydrogen-bond acceptors (Lipinski definition) is 4. The summed E-state index contributed by atoms with van der Waals surface area (Å²) >= 11 is 1.57. The molecule has 0 spiro atoms. The minimum Gasteiger partial charge on any atom is -0.252 e. The SMILES string of the molecule is CCc1ccc(C(C)=NNc2nc(-c3ccc(CC)cc3)cs2)cc1. The fourth-order valence-corrected chi connectivity index (χ4v) is 3.21. The predicted octanol–water partition coefficient (Wildman–Crippen LogP) is 5.77. The van der Waals surface area contributed by atoms with Crippen molar-refractivity contribution in [2.45, 2.75) is 33.6 Å². The Labute approximate surface area is 153 Å². The predicted molar refractivity (Wildman–Crippen MR) is 109 cm³/mol. The lowest BCUT2D eigenvalue weighted by atomic mass is 10.1. The molecule has 4 heteroatoms. The second-order valence-corrected chi connectivity index (χ2v) is 6.81. The monoisotopic (exact) mass is 349 g/mol. The molecule has 3 rings (SSSR count). The number of aromatic nitrogens is 1. The van der Waals surface area contributed by atoms with E-state index in [1.54, 1.807) is 11.3 Å². The van der Waals surface area contributed by atoms with Crippen molar-refractivity contribution in [2.24, 2.45) is 5.10 Å². The van der Waals surface area contributed by atoms with Crippen LogP contribution in [0.1, 0.15) is 37.5 Å². The van der Waals surface area contributed by atoms with Crippen molar-refractivity contribution >= 4 is 22.2 Å². The first-order valence-corrected chi connectivity index (χ1v) is 9.52. The number of hydrogen-bond donors (Lipinski definition) is 1. The number of rotatable bonds is 6. The zero-order valence-electron chi connectivity index (χ0n) is 14.9. The van der Waals surface area contributed by atoms with E-state index in [9.17, 15) is 0 Å². The van der Waals surface area contributed by atoms with E-state index in [1.165, 1.54) is 11.1 Å². The van der Waals surface area contributed by atoms with Gasteiger partial charge >= 0.3 is 0 Å². The van der Waals surface area contributed by atoms with Crippen LogP contribution in [0.4, 0.5) is 5.13 Å². The zero-order chi connectivity index (χ0) is 17.6. The highest BCUT2D eigenvalue weighted by Crippen LogP contribution is 2.25. The molecule has 0 saturated heterocycles. The molecule has 1 N–H and O–H groups in total. The first kappa shape index (κ1) is 17.4. The number of nitrogens with zero attached hydrogens (tertiary/aromatic N) is 2. The highest BCUT2D eigenvalue weighted by molar-refractivity contribution is 7.14. The van der Waals surface area contributed by atoms with Crippen LogP contribution in [0.15, 0.2) is 59.0 Å². The van der Waals surface area contributed by atoms with Crippen LogP contribution in [0, 0.1) is 0 Å². The van der Waals surface area contributed by atoms with Crippen molar-refractivity contribution in [3.63, 3.8) is 0 Å². The molecule has 0 aliphatic heterocycles. The van der Waals surface area contributed by atoms with Gasteiger partial charge in [0.05, 0.1) is 11.4 Å². The summed E-state index contributed by atoms with van der Waals surface area (Å²) in [5.41, 5.74) is 9.95. The minimum absolute atomic E-state index is 0.805. The fourth-order valence-electron chi connectivity index (χ4n) is 2.55. The van der Waals surface area contributed by atoms with Gasteiger partial charge in [-0.05, 0) is 36.5 Å². The largest absolute Gasteiger partial charge is 0.252 e. The molecule has 0 radical (unpaired) electrons. The molecule has 1 aromatic heterocycles. The maximum absolute atomic E-state index is 4.63.